The van der Waals surface area contributed by atoms with Crippen molar-refractivity contribution in [2.24, 2.45) is 0 Å². The number of hydrogen-bond acceptors (Lipinski definition) is 13. The zero-order valence-electron chi connectivity index (χ0n) is 41.4. The third-order valence-electron chi connectivity index (χ3n) is 11.8. The van der Waals surface area contributed by atoms with Gasteiger partial charge in [0.1, 0.15) is 17.8 Å². The summed E-state index contributed by atoms with van der Waals surface area (Å²) >= 11 is 0. The molecule has 28 heteroatoms. The highest BCUT2D eigenvalue weighted by Crippen LogP contribution is 2.40. The minimum atomic E-state index is -5.08. The number of amides is 6. The summed E-state index contributed by atoms with van der Waals surface area (Å²) in [6.07, 6.45) is 6.28. The highest BCUT2D eigenvalue weighted by Gasteiger charge is 2.54. The summed E-state index contributed by atoms with van der Waals surface area (Å²) in [5.74, 6) is -7.02. The number of rotatable bonds is 31. The van der Waals surface area contributed by atoms with Gasteiger partial charge in [-0.15, -0.1) is 5.06 Å². The summed E-state index contributed by atoms with van der Waals surface area (Å²) in [5.41, 5.74) is 3.03. The first-order chi connectivity index (χ1) is 33.6. The largest absolute Gasteiger partial charge is 0.748 e. The number of quaternary nitrogens is 1. The molecule has 4 rings (SSSR count). The zero-order chi connectivity index (χ0) is 53.6. The van der Waals surface area contributed by atoms with E-state index in [1.165, 1.54) is 0 Å². The highest BCUT2D eigenvalue weighted by atomic mass is 32.2. The molecule has 0 aromatic carbocycles. The van der Waals surface area contributed by atoms with Crippen molar-refractivity contribution in [1.29, 1.82) is 0 Å². The van der Waals surface area contributed by atoms with Gasteiger partial charge in [0, 0.05) is 81.5 Å². The van der Waals surface area contributed by atoms with Crippen molar-refractivity contribution >= 4 is 78.1 Å². The van der Waals surface area contributed by atoms with E-state index >= 15 is 8.63 Å². The lowest BCUT2D eigenvalue weighted by atomic mass is 9.88. The first kappa shape index (κ1) is 59.4. The van der Waals surface area contributed by atoms with Gasteiger partial charge in [0.15, 0.2) is 5.70 Å². The molecule has 3 aliphatic heterocycles. The van der Waals surface area contributed by atoms with E-state index in [1.807, 2.05) is 41.1 Å². The van der Waals surface area contributed by atoms with E-state index in [2.05, 4.69) is 25.8 Å². The molecule has 2 atom stereocenters. The number of hydroxylamine groups is 2. The van der Waals surface area contributed by atoms with Crippen LogP contribution in [0.1, 0.15) is 121 Å². The molecule has 72 heavy (non-hydrogen) atoms. The van der Waals surface area contributed by atoms with Gasteiger partial charge in [0.25, 0.3) is 11.8 Å². The summed E-state index contributed by atoms with van der Waals surface area (Å²) < 4.78 is 88.1. The molecule has 6 N–H and O–H groups in total. The summed E-state index contributed by atoms with van der Waals surface area (Å²) in [6, 6.07) is -1.56. The maximum atomic E-state index is 17.0. The Labute approximate surface area is 417 Å². The molecular formula is C44H68BF2N8O15PS. The lowest BCUT2D eigenvalue weighted by Gasteiger charge is -2.32. The number of fused-ring (bicyclic) bond motifs is 2. The molecule has 0 saturated carbocycles. The molecule has 4 heterocycles. The van der Waals surface area contributed by atoms with E-state index in [0.717, 1.165) is 27.5 Å². The second kappa shape index (κ2) is 26.2. The van der Waals surface area contributed by atoms with Gasteiger partial charge in [-0.1, -0.05) is 26.7 Å². The fourth-order valence-corrected chi connectivity index (χ4v) is 9.45. The number of unbranched alkanes of at least 4 members (excludes halogenated alkanes) is 2. The fraction of sp³-hybridized carbons (Fsp3) is 0.636. The quantitative estimate of drug-likeness (QED) is 0.0153. The molecular weight excluding hydrogens is 992 g/mol. The molecule has 3 aliphatic rings. The summed E-state index contributed by atoms with van der Waals surface area (Å²) in [4.78, 5) is 110. The van der Waals surface area contributed by atoms with Crippen LogP contribution in [-0.4, -0.2) is 161 Å². The van der Waals surface area contributed by atoms with E-state index in [4.69, 9.17) is 14.6 Å². The standard InChI is InChI=1S/C44H68BF2N8O15PS/c1-6-13-30-25-32(15-12-24-55(3,4)5)52-36(30)27-37-31(14-7-2)26-33(53(37)45(52,46)47)18-19-39(57)51-35(29-72(66,67)68)44(62)49-22-10-8-16-38(56)50-34(28-69-71(63,64)65)43(61)48-23-11-9-17-42(60)70-54-40(58)20-21-41(54)59/h25-27,34-35H,6-24,28-29H2,1-5H3,(H6-,48,49,50,51,56,57,61,62,63,64,65,66,67,68). The van der Waals surface area contributed by atoms with Crippen LogP contribution in [0.5, 0.6) is 0 Å². The van der Waals surface area contributed by atoms with Crippen LogP contribution in [0.3, 0.4) is 0 Å². The van der Waals surface area contributed by atoms with Gasteiger partial charge < -0.3 is 62.5 Å². The topological polar surface area (TPSA) is 312 Å². The van der Waals surface area contributed by atoms with E-state index < -0.39 is 97.2 Å². The van der Waals surface area contributed by atoms with Gasteiger partial charge in [-0.05, 0) is 62.3 Å². The number of carbonyl (C=O) groups excluding carboxylic acids is 7. The Balaban J connectivity index is 1.31. The molecule has 0 spiro atoms. The minimum Gasteiger partial charge on any atom is -0.748 e. The zero-order valence-corrected chi connectivity index (χ0v) is 43.1. The molecule has 1 aromatic heterocycles. The second-order valence-corrected chi connectivity index (χ2v) is 21.7. The van der Waals surface area contributed by atoms with Gasteiger partial charge >= 0.3 is 20.8 Å². The number of phosphoric ester groups is 1. The first-order valence-electron chi connectivity index (χ1n) is 24.1. The fourth-order valence-electron chi connectivity index (χ4n) is 8.47. The Kier molecular flexibility index (Phi) is 21.6. The van der Waals surface area contributed by atoms with Gasteiger partial charge in [-0.3, -0.25) is 33.3 Å². The van der Waals surface area contributed by atoms with Gasteiger partial charge in [0.2, 0.25) is 23.6 Å². The third kappa shape index (κ3) is 18.1. The van der Waals surface area contributed by atoms with Crippen molar-refractivity contribution in [3.63, 3.8) is 0 Å². The molecule has 0 radical (unpaired) electrons. The number of imide groups is 1. The van der Waals surface area contributed by atoms with Crippen molar-refractivity contribution in [3.05, 3.63) is 40.4 Å². The molecule has 23 nitrogen and oxygen atoms in total. The average molecular weight is 1060 g/mol. The van der Waals surface area contributed by atoms with Crippen LogP contribution in [0.4, 0.5) is 8.63 Å². The Hall–Kier alpha value is -5.18. The summed E-state index contributed by atoms with van der Waals surface area (Å²) in [5, 5.41) is 9.80. The van der Waals surface area contributed by atoms with Crippen LogP contribution >= 0.6 is 7.82 Å². The molecule has 2 unspecified atom stereocenters. The Morgan fingerprint density at radius 3 is 2.01 bits per heavy atom. The van der Waals surface area contributed by atoms with Crippen molar-refractivity contribution < 1.29 is 87.8 Å². The number of nitrogens with zero attached hydrogens (tertiary/aromatic N) is 4. The molecule has 1 saturated heterocycles. The van der Waals surface area contributed by atoms with Gasteiger partial charge in [-0.2, -0.15) is 0 Å². The third-order valence-corrected chi connectivity index (χ3v) is 13.0. The lowest BCUT2D eigenvalue weighted by molar-refractivity contribution is -0.870. The molecule has 1 fully saturated rings. The Morgan fingerprint density at radius 2 is 1.43 bits per heavy atom. The predicted molar refractivity (Wildman–Crippen MR) is 256 cm³/mol. The highest BCUT2D eigenvalue weighted by molar-refractivity contribution is 7.85. The molecule has 402 valence electrons. The summed E-state index contributed by atoms with van der Waals surface area (Å²) in [7, 11) is -4.06. The maximum Gasteiger partial charge on any atom is 0.737 e. The number of allylic oxidation sites excluding steroid dienone is 2. The monoisotopic (exact) mass is 1060 g/mol. The van der Waals surface area contributed by atoms with Crippen LogP contribution in [0, 0.1) is 0 Å². The predicted octanol–water partition coefficient (Wildman–Crippen LogP) is 1.43. The first-order valence-corrected chi connectivity index (χ1v) is 27.2. The van der Waals surface area contributed by atoms with Crippen LogP contribution in [0.15, 0.2) is 23.4 Å². The van der Waals surface area contributed by atoms with Crippen LogP contribution in [-0.2, 0) is 70.4 Å². The van der Waals surface area contributed by atoms with E-state index in [-0.39, 0.29) is 76.6 Å². The maximum absolute atomic E-state index is 17.0. The second-order valence-electron chi connectivity index (χ2n) is 19.0. The van der Waals surface area contributed by atoms with E-state index in [0.29, 0.717) is 64.3 Å². The van der Waals surface area contributed by atoms with Crippen LogP contribution < -0.4 is 21.3 Å². The lowest BCUT2D eigenvalue weighted by Crippen LogP contribution is -2.52. The SMILES string of the molecule is CCCC1=CC(CCC(=O)NC(CS(=O)(=O)[O-])C(=O)NCCCCC(=O)NC(COP(=O)(O)O)C(=O)NCCCCC(=O)ON2C(=O)CCC2=O)=[N+]2C1=Cc1c(CCC)cc(CCC[N+](C)(C)C)n1[B-]2(F)F. The number of nitrogens with one attached hydrogen (secondary N) is 4. The van der Waals surface area contributed by atoms with Crippen molar-refractivity contribution in [1.82, 2.24) is 30.8 Å². The van der Waals surface area contributed by atoms with E-state index in [9.17, 15) is 51.1 Å². The number of halogens is 2. The smallest absolute Gasteiger partial charge is 0.737 e. The normalized spacial score (nSPS) is 16.4. The Morgan fingerprint density at radius 1 is 0.847 bits per heavy atom. The van der Waals surface area contributed by atoms with Crippen LogP contribution in [0.2, 0.25) is 0 Å². The summed E-state index contributed by atoms with van der Waals surface area (Å²) in [6.45, 7) is -0.895. The van der Waals surface area contributed by atoms with Crippen LogP contribution in [0.25, 0.3) is 6.08 Å². The minimum absolute atomic E-state index is 0.0503. The Bertz CT molecular complexity index is 2450. The molecule has 1 aromatic rings. The number of carbonyl (C=O) groups is 7. The molecule has 6 amide bonds. The number of aryl methyl sites for hydroxylation is 2. The van der Waals surface area contributed by atoms with Gasteiger partial charge in [-0.25, -0.2) is 17.8 Å². The number of hydrogen-bond donors (Lipinski definition) is 6. The van der Waals surface area contributed by atoms with E-state index in [1.54, 1.807) is 12.2 Å². The van der Waals surface area contributed by atoms with Crippen molar-refractivity contribution in [2.75, 3.05) is 53.1 Å². The molecule has 0 aliphatic carbocycles. The molecule has 0 bridgehead atoms. The number of phosphoric acid groups is 1. The number of aromatic nitrogens is 1. The average Bonchev–Trinajstić information content (AvgIpc) is 3.92. The van der Waals surface area contributed by atoms with Gasteiger partial charge in [0.05, 0.1) is 50.2 Å². The van der Waals surface area contributed by atoms with Crippen molar-refractivity contribution in [2.45, 2.75) is 129 Å². The van der Waals surface area contributed by atoms with Crippen molar-refractivity contribution in [3.8, 4) is 0 Å².